The van der Waals surface area contributed by atoms with Crippen LogP contribution in [0.4, 0.5) is 30.6 Å². The second-order valence-corrected chi connectivity index (χ2v) is 12.9. The number of carbonyl (C=O) groups is 2. The second kappa shape index (κ2) is 13.7. The summed E-state index contributed by atoms with van der Waals surface area (Å²) in [6, 6.07) is 6.59. The van der Waals surface area contributed by atoms with Gasteiger partial charge in [0.2, 0.25) is 11.9 Å². The van der Waals surface area contributed by atoms with Crippen LogP contribution in [-0.4, -0.2) is 76.9 Å². The minimum atomic E-state index is -4.67. The molecule has 2 aromatic rings. The smallest absolute Gasteiger partial charge is 0.366 e. The maximum absolute atomic E-state index is 14.0. The van der Waals surface area contributed by atoms with Crippen molar-refractivity contribution in [2.75, 3.05) is 37.8 Å². The van der Waals surface area contributed by atoms with Gasteiger partial charge in [-0.3, -0.25) is 9.59 Å². The van der Waals surface area contributed by atoms with Crippen molar-refractivity contribution in [1.29, 1.82) is 0 Å². The van der Waals surface area contributed by atoms with Crippen LogP contribution in [0.2, 0.25) is 0 Å². The number of benzene rings is 1. The lowest BCUT2D eigenvalue weighted by Crippen LogP contribution is -2.44. The van der Waals surface area contributed by atoms with Crippen LogP contribution in [0.1, 0.15) is 80.6 Å². The van der Waals surface area contributed by atoms with Crippen LogP contribution in [0.25, 0.3) is 0 Å². The van der Waals surface area contributed by atoms with Crippen LogP contribution < -0.4 is 16.0 Å². The fourth-order valence-corrected chi connectivity index (χ4v) is 6.67. The third kappa shape index (κ3) is 7.80. The summed E-state index contributed by atoms with van der Waals surface area (Å²) in [6.07, 6.45) is 3.87. The van der Waals surface area contributed by atoms with E-state index in [1.54, 1.807) is 29.2 Å². The number of nitrogens with zero attached hydrogens (tertiary/aromatic N) is 4. The minimum absolute atomic E-state index is 0.0154. The van der Waals surface area contributed by atoms with Gasteiger partial charge in [0.05, 0.1) is 5.92 Å². The van der Waals surface area contributed by atoms with Crippen LogP contribution in [0.3, 0.4) is 0 Å². The Kier molecular flexibility index (Phi) is 9.97. The molecule has 3 aliphatic rings. The van der Waals surface area contributed by atoms with E-state index >= 15 is 0 Å². The molecule has 12 heteroatoms. The number of hydrogen-bond donors (Lipinski definition) is 3. The Bertz CT molecular complexity index is 1290. The zero-order valence-electron chi connectivity index (χ0n) is 25.8. The van der Waals surface area contributed by atoms with Crippen LogP contribution in [0, 0.1) is 11.8 Å². The Morgan fingerprint density at radius 1 is 0.977 bits per heavy atom. The number of piperidine rings is 1. The molecule has 0 spiro atoms. The number of halogens is 3. The van der Waals surface area contributed by atoms with E-state index in [1.807, 2.05) is 7.05 Å². The van der Waals surface area contributed by atoms with Crippen LogP contribution in [-0.2, 0) is 11.0 Å². The first kappa shape index (κ1) is 32.0. The molecular weight excluding hydrogens is 571 g/mol. The van der Waals surface area contributed by atoms with E-state index in [9.17, 15) is 22.8 Å². The zero-order valence-corrected chi connectivity index (χ0v) is 25.8. The Balaban J connectivity index is 1.25. The van der Waals surface area contributed by atoms with Gasteiger partial charge in [0.25, 0.3) is 5.91 Å². The van der Waals surface area contributed by atoms with Gasteiger partial charge >= 0.3 is 6.18 Å². The molecule has 1 aliphatic heterocycles. The molecular formula is C32H44F3N7O2. The average molecular weight is 616 g/mol. The monoisotopic (exact) mass is 615 g/mol. The first-order valence-electron chi connectivity index (χ1n) is 15.8. The highest BCUT2D eigenvalue weighted by atomic mass is 19.4. The van der Waals surface area contributed by atoms with Crippen LogP contribution >= 0.6 is 0 Å². The summed E-state index contributed by atoms with van der Waals surface area (Å²) in [5, 5.41) is 9.08. The van der Waals surface area contributed by atoms with E-state index in [4.69, 9.17) is 0 Å². The minimum Gasteiger partial charge on any atom is -0.366 e. The van der Waals surface area contributed by atoms with Crippen LogP contribution in [0.15, 0.2) is 30.5 Å². The van der Waals surface area contributed by atoms with Gasteiger partial charge in [0, 0.05) is 42.6 Å². The summed E-state index contributed by atoms with van der Waals surface area (Å²) < 4.78 is 41.9. The average Bonchev–Trinajstić information content (AvgIpc) is 3.46. The molecule has 9 nitrogen and oxygen atoms in total. The topological polar surface area (TPSA) is 102 Å². The SMILES string of the molecule is CC1CCC(NC(=O)[C@H]2CCC[C@H]2Nc2nc(Nc3ccc(C(=O)N(C)C4CCN(C)CC4)cc3)ncc2C(F)(F)F)CC1. The summed E-state index contributed by atoms with van der Waals surface area (Å²) in [4.78, 5) is 38.4. The lowest BCUT2D eigenvalue weighted by atomic mass is 9.87. The van der Waals surface area contributed by atoms with Gasteiger partial charge in [-0.15, -0.1) is 0 Å². The van der Waals surface area contributed by atoms with Gasteiger partial charge in [-0.1, -0.05) is 13.3 Å². The molecule has 2 heterocycles. The van der Waals surface area contributed by atoms with Crippen molar-refractivity contribution in [2.45, 2.75) is 89.0 Å². The molecule has 240 valence electrons. The first-order valence-corrected chi connectivity index (χ1v) is 15.8. The summed E-state index contributed by atoms with van der Waals surface area (Å²) in [7, 11) is 3.90. The Labute approximate surface area is 257 Å². The second-order valence-electron chi connectivity index (χ2n) is 12.9. The van der Waals surface area contributed by atoms with E-state index in [0.717, 1.165) is 64.2 Å². The summed E-state index contributed by atoms with van der Waals surface area (Å²) in [6.45, 7) is 4.11. The highest BCUT2D eigenvalue weighted by molar-refractivity contribution is 5.94. The number of hydrogen-bond acceptors (Lipinski definition) is 7. The lowest BCUT2D eigenvalue weighted by Gasteiger charge is -2.35. The fourth-order valence-electron chi connectivity index (χ4n) is 6.67. The molecule has 2 amide bonds. The van der Waals surface area contributed by atoms with Crippen molar-refractivity contribution in [3.8, 4) is 0 Å². The van der Waals surface area contributed by atoms with Gasteiger partial charge in [-0.25, -0.2) is 4.98 Å². The van der Waals surface area contributed by atoms with Gasteiger partial charge in [0.15, 0.2) is 0 Å². The summed E-state index contributed by atoms with van der Waals surface area (Å²) in [5.41, 5.74) is 0.0864. The molecule has 2 atom stereocenters. The molecule has 3 N–H and O–H groups in total. The van der Waals surface area contributed by atoms with E-state index in [-0.39, 0.29) is 35.7 Å². The van der Waals surface area contributed by atoms with Crippen molar-refractivity contribution in [2.24, 2.45) is 11.8 Å². The number of rotatable bonds is 8. The third-order valence-corrected chi connectivity index (χ3v) is 9.58. The quantitative estimate of drug-likeness (QED) is 0.351. The fraction of sp³-hybridized carbons (Fsp3) is 0.625. The number of nitrogens with one attached hydrogen (secondary N) is 3. The highest BCUT2D eigenvalue weighted by Gasteiger charge is 2.39. The van der Waals surface area contributed by atoms with Gasteiger partial charge in [-0.05, 0) is 102 Å². The van der Waals surface area contributed by atoms with E-state index in [1.165, 1.54) is 0 Å². The molecule has 5 rings (SSSR count). The highest BCUT2D eigenvalue weighted by Crippen LogP contribution is 2.37. The van der Waals surface area contributed by atoms with E-state index < -0.39 is 23.7 Å². The number of alkyl halides is 3. The Hall–Kier alpha value is -3.41. The molecule has 2 aliphatic carbocycles. The lowest BCUT2D eigenvalue weighted by molar-refractivity contribution is -0.137. The maximum Gasteiger partial charge on any atom is 0.421 e. The molecule has 1 aromatic carbocycles. The van der Waals surface area contributed by atoms with Crippen molar-refractivity contribution in [3.05, 3.63) is 41.6 Å². The number of amides is 2. The van der Waals surface area contributed by atoms with Crippen molar-refractivity contribution in [3.63, 3.8) is 0 Å². The largest absolute Gasteiger partial charge is 0.421 e. The summed E-state index contributed by atoms with van der Waals surface area (Å²) in [5.74, 6) is -0.315. The van der Waals surface area contributed by atoms with Gasteiger partial charge < -0.3 is 25.8 Å². The predicted octanol–water partition coefficient (Wildman–Crippen LogP) is 5.68. The van der Waals surface area contributed by atoms with E-state index in [2.05, 4.69) is 44.8 Å². The molecule has 0 radical (unpaired) electrons. The van der Waals surface area contributed by atoms with E-state index in [0.29, 0.717) is 30.0 Å². The first-order chi connectivity index (χ1) is 21.0. The van der Waals surface area contributed by atoms with Crippen molar-refractivity contribution < 1.29 is 22.8 Å². The van der Waals surface area contributed by atoms with Gasteiger partial charge in [-0.2, -0.15) is 18.2 Å². The van der Waals surface area contributed by atoms with Crippen LogP contribution in [0.5, 0.6) is 0 Å². The molecule has 3 fully saturated rings. The third-order valence-electron chi connectivity index (χ3n) is 9.58. The molecule has 0 bridgehead atoms. The number of carbonyl (C=O) groups excluding carboxylic acids is 2. The normalized spacial score (nSPS) is 25.0. The maximum atomic E-state index is 14.0. The molecule has 2 saturated carbocycles. The Morgan fingerprint density at radius 2 is 1.66 bits per heavy atom. The number of anilines is 3. The zero-order chi connectivity index (χ0) is 31.4. The van der Waals surface area contributed by atoms with Crippen molar-refractivity contribution >= 4 is 29.3 Å². The molecule has 1 saturated heterocycles. The predicted molar refractivity (Wildman–Crippen MR) is 164 cm³/mol. The Morgan fingerprint density at radius 3 is 2.32 bits per heavy atom. The standard InChI is InChI=1S/C32H44F3N7O2/c1-20-7-11-22(12-8-20)37-29(43)25-5-4-6-27(25)39-28-26(32(33,34)35)19-36-31(40-28)38-23-13-9-21(10-14-23)30(44)42(3)24-15-17-41(2)18-16-24/h9-10,13-14,19-20,22,24-25,27H,4-8,11-12,15-18H2,1-3H3,(H,37,43)(H2,36,38,39,40)/t20?,22?,25-,27+/m0/s1. The number of aromatic nitrogens is 2. The molecule has 0 unspecified atom stereocenters. The van der Waals surface area contributed by atoms with Crippen molar-refractivity contribution in [1.82, 2.24) is 25.1 Å². The molecule has 44 heavy (non-hydrogen) atoms. The molecule has 1 aromatic heterocycles. The summed E-state index contributed by atoms with van der Waals surface area (Å²) >= 11 is 0. The number of likely N-dealkylation sites (tertiary alicyclic amines) is 1. The van der Waals surface area contributed by atoms with Gasteiger partial charge in [0.1, 0.15) is 11.4 Å².